The molecule has 1 aliphatic rings. The molecule has 0 N–H and O–H groups in total. The van der Waals surface area contributed by atoms with Crippen molar-refractivity contribution >= 4 is 22.4 Å². The van der Waals surface area contributed by atoms with Gasteiger partial charge in [0.2, 0.25) is 5.91 Å². The number of methoxy groups -OCH3 is 3. The zero-order valence-corrected chi connectivity index (χ0v) is 21.6. The number of piperidine rings is 1. The SMILES string of the molecule is CCC1CCCCN1C(=O)/C=C(\C)c1cc2c(-c3ccc(OC)c(OC)c3)coc2c(C)c1OC. The molecule has 0 bridgehead atoms. The highest BCUT2D eigenvalue weighted by molar-refractivity contribution is 6.02. The van der Waals surface area contributed by atoms with Gasteiger partial charge in [0.25, 0.3) is 0 Å². The van der Waals surface area contributed by atoms with Crippen molar-refractivity contribution in [2.24, 2.45) is 0 Å². The van der Waals surface area contributed by atoms with Gasteiger partial charge in [0.15, 0.2) is 11.5 Å². The van der Waals surface area contributed by atoms with Crippen LogP contribution in [0, 0.1) is 6.92 Å². The van der Waals surface area contributed by atoms with Crippen LogP contribution in [0.4, 0.5) is 0 Å². The molecule has 0 radical (unpaired) electrons. The van der Waals surface area contributed by atoms with Gasteiger partial charge in [0, 0.05) is 40.7 Å². The number of likely N-dealkylation sites (tertiary alicyclic amines) is 1. The van der Waals surface area contributed by atoms with Gasteiger partial charge in [-0.2, -0.15) is 0 Å². The van der Waals surface area contributed by atoms with E-state index in [1.807, 2.05) is 36.9 Å². The number of furan rings is 1. The van der Waals surface area contributed by atoms with Gasteiger partial charge in [-0.3, -0.25) is 4.79 Å². The number of carbonyl (C=O) groups excluding carboxylic acids is 1. The molecule has 0 saturated carbocycles. The van der Waals surface area contributed by atoms with Crippen LogP contribution in [0.2, 0.25) is 0 Å². The summed E-state index contributed by atoms with van der Waals surface area (Å²) in [4.78, 5) is 15.3. The maximum Gasteiger partial charge on any atom is 0.247 e. The van der Waals surface area contributed by atoms with Crippen molar-refractivity contribution in [3.8, 4) is 28.4 Å². The monoisotopic (exact) mass is 477 g/mol. The third-order valence-electron chi connectivity index (χ3n) is 7.09. The first-order chi connectivity index (χ1) is 16.9. The lowest BCUT2D eigenvalue weighted by Gasteiger charge is -2.34. The number of hydrogen-bond acceptors (Lipinski definition) is 5. The van der Waals surface area contributed by atoms with Gasteiger partial charge in [0.1, 0.15) is 11.3 Å². The number of fused-ring (bicyclic) bond motifs is 1. The molecule has 1 amide bonds. The fourth-order valence-electron chi connectivity index (χ4n) is 5.16. The molecule has 1 fully saturated rings. The molecular weight excluding hydrogens is 442 g/mol. The van der Waals surface area contributed by atoms with Gasteiger partial charge in [-0.05, 0) is 68.9 Å². The topological polar surface area (TPSA) is 61.1 Å². The molecule has 1 aromatic heterocycles. The largest absolute Gasteiger partial charge is 0.496 e. The van der Waals surface area contributed by atoms with E-state index in [4.69, 9.17) is 18.6 Å². The second-order valence-corrected chi connectivity index (χ2v) is 9.10. The predicted molar refractivity (Wildman–Crippen MR) is 139 cm³/mol. The van der Waals surface area contributed by atoms with Crippen LogP contribution in [-0.4, -0.2) is 44.7 Å². The smallest absolute Gasteiger partial charge is 0.247 e. The van der Waals surface area contributed by atoms with Crippen molar-refractivity contribution in [2.75, 3.05) is 27.9 Å². The Morgan fingerprint density at radius 2 is 1.89 bits per heavy atom. The van der Waals surface area contributed by atoms with E-state index in [1.165, 1.54) is 6.42 Å². The molecule has 3 aromatic rings. The first-order valence-corrected chi connectivity index (χ1v) is 12.2. The summed E-state index contributed by atoms with van der Waals surface area (Å²) in [5.41, 5.74) is 5.31. The summed E-state index contributed by atoms with van der Waals surface area (Å²) in [6, 6.07) is 8.19. The summed E-state index contributed by atoms with van der Waals surface area (Å²) >= 11 is 0. The molecule has 186 valence electrons. The number of nitrogens with zero attached hydrogens (tertiary/aromatic N) is 1. The Hall–Kier alpha value is -3.41. The van der Waals surface area contributed by atoms with E-state index in [0.29, 0.717) is 17.5 Å². The first-order valence-electron chi connectivity index (χ1n) is 12.2. The van der Waals surface area contributed by atoms with Gasteiger partial charge in [-0.25, -0.2) is 0 Å². The second-order valence-electron chi connectivity index (χ2n) is 9.10. The van der Waals surface area contributed by atoms with E-state index in [2.05, 4.69) is 13.0 Å². The van der Waals surface area contributed by atoms with Crippen molar-refractivity contribution in [2.45, 2.75) is 52.5 Å². The van der Waals surface area contributed by atoms with Crippen LogP contribution in [0.1, 0.15) is 50.7 Å². The Labute approximate surface area is 207 Å². The summed E-state index contributed by atoms with van der Waals surface area (Å²) < 4.78 is 22.7. The Morgan fingerprint density at radius 1 is 1.11 bits per heavy atom. The number of carbonyl (C=O) groups is 1. The molecule has 6 heteroatoms. The highest BCUT2D eigenvalue weighted by atomic mass is 16.5. The number of rotatable bonds is 7. The summed E-state index contributed by atoms with van der Waals surface area (Å²) in [7, 11) is 4.90. The van der Waals surface area contributed by atoms with Crippen LogP contribution >= 0.6 is 0 Å². The number of allylic oxidation sites excluding steroid dienone is 1. The fourth-order valence-corrected chi connectivity index (χ4v) is 5.16. The minimum Gasteiger partial charge on any atom is -0.496 e. The summed E-state index contributed by atoms with van der Waals surface area (Å²) in [5, 5.41) is 0.954. The molecular formula is C29H35NO5. The van der Waals surface area contributed by atoms with Crippen molar-refractivity contribution in [3.05, 3.63) is 47.7 Å². The van der Waals surface area contributed by atoms with E-state index in [1.54, 1.807) is 33.7 Å². The zero-order chi connectivity index (χ0) is 25.1. The number of hydrogen-bond donors (Lipinski definition) is 0. The van der Waals surface area contributed by atoms with Gasteiger partial charge in [-0.1, -0.05) is 13.0 Å². The number of amides is 1. The third-order valence-corrected chi connectivity index (χ3v) is 7.09. The van der Waals surface area contributed by atoms with Gasteiger partial charge < -0.3 is 23.5 Å². The Balaban J connectivity index is 1.80. The molecule has 35 heavy (non-hydrogen) atoms. The fraction of sp³-hybridized carbons (Fsp3) is 0.414. The molecule has 0 aliphatic carbocycles. The van der Waals surface area contributed by atoms with Gasteiger partial charge in [0.05, 0.1) is 27.6 Å². The number of aryl methyl sites for hydroxylation is 1. The normalized spacial score (nSPS) is 16.5. The average Bonchev–Trinajstić information content (AvgIpc) is 3.32. The number of benzene rings is 2. The molecule has 0 spiro atoms. The van der Waals surface area contributed by atoms with Gasteiger partial charge in [-0.15, -0.1) is 0 Å². The molecule has 1 aliphatic heterocycles. The van der Waals surface area contributed by atoms with Gasteiger partial charge >= 0.3 is 0 Å². The van der Waals surface area contributed by atoms with Crippen LogP contribution in [0.15, 0.2) is 41.0 Å². The molecule has 1 atom stereocenters. The lowest BCUT2D eigenvalue weighted by molar-refractivity contribution is -0.129. The van der Waals surface area contributed by atoms with Crippen LogP contribution in [0.5, 0.6) is 17.2 Å². The summed E-state index contributed by atoms with van der Waals surface area (Å²) in [5.74, 6) is 2.11. The van der Waals surface area contributed by atoms with Crippen molar-refractivity contribution < 1.29 is 23.4 Å². The second kappa shape index (κ2) is 10.5. The Morgan fingerprint density at radius 3 is 2.57 bits per heavy atom. The van der Waals surface area contributed by atoms with E-state index in [9.17, 15) is 4.79 Å². The zero-order valence-electron chi connectivity index (χ0n) is 21.6. The third kappa shape index (κ3) is 4.62. The highest BCUT2D eigenvalue weighted by Crippen LogP contribution is 2.42. The minimum absolute atomic E-state index is 0.0705. The van der Waals surface area contributed by atoms with Crippen molar-refractivity contribution in [1.82, 2.24) is 4.90 Å². The average molecular weight is 478 g/mol. The van der Waals surface area contributed by atoms with Crippen LogP contribution in [0.25, 0.3) is 27.7 Å². The van der Waals surface area contributed by atoms with E-state index >= 15 is 0 Å². The highest BCUT2D eigenvalue weighted by Gasteiger charge is 2.25. The molecule has 1 unspecified atom stereocenters. The summed E-state index contributed by atoms with van der Waals surface area (Å²) in [6.45, 7) is 6.94. The van der Waals surface area contributed by atoms with Crippen molar-refractivity contribution in [1.29, 1.82) is 0 Å². The van der Waals surface area contributed by atoms with Crippen LogP contribution in [-0.2, 0) is 4.79 Å². The maximum absolute atomic E-state index is 13.2. The molecule has 2 heterocycles. The molecule has 6 nitrogen and oxygen atoms in total. The first kappa shape index (κ1) is 24.7. The predicted octanol–water partition coefficient (Wildman–Crippen LogP) is 6.63. The Kier molecular flexibility index (Phi) is 7.39. The lowest BCUT2D eigenvalue weighted by atomic mass is 9.95. The molecule has 4 rings (SSSR count). The summed E-state index contributed by atoms with van der Waals surface area (Å²) in [6.07, 6.45) is 7.82. The van der Waals surface area contributed by atoms with Crippen LogP contribution in [0.3, 0.4) is 0 Å². The lowest BCUT2D eigenvalue weighted by Crippen LogP contribution is -2.42. The minimum atomic E-state index is 0.0705. The molecule has 1 saturated heterocycles. The van der Waals surface area contributed by atoms with Crippen LogP contribution < -0.4 is 14.2 Å². The van der Waals surface area contributed by atoms with E-state index in [-0.39, 0.29) is 5.91 Å². The number of ether oxygens (including phenoxy) is 3. The quantitative estimate of drug-likeness (QED) is 0.358. The molecule has 2 aromatic carbocycles. The van der Waals surface area contributed by atoms with Crippen molar-refractivity contribution in [3.63, 3.8) is 0 Å². The maximum atomic E-state index is 13.2. The standard InChI is InChI=1S/C29H35NO5/c1-7-21-10-8-9-13-30(21)27(31)14-18(2)22-16-23-24(17-35-29(23)19(3)28(22)34-6)20-11-12-25(32-4)26(15-20)33-5/h11-12,14-17,21H,7-10,13H2,1-6H3/b18-14+. The van der Waals surface area contributed by atoms with E-state index in [0.717, 1.165) is 70.4 Å². The van der Waals surface area contributed by atoms with E-state index < -0.39 is 0 Å². The Bertz CT molecular complexity index is 1260.